The number of urea groups is 1. The first kappa shape index (κ1) is 16.7. The van der Waals surface area contributed by atoms with Gasteiger partial charge in [0.1, 0.15) is 5.75 Å². The summed E-state index contributed by atoms with van der Waals surface area (Å²) in [5, 5.41) is 7.89. The molecule has 0 aliphatic carbocycles. The first-order valence-corrected chi connectivity index (χ1v) is 7.51. The smallest absolute Gasteiger partial charge is 0.319 e. The summed E-state index contributed by atoms with van der Waals surface area (Å²) in [5.41, 5.74) is 1.42. The van der Waals surface area contributed by atoms with Crippen LogP contribution in [0.3, 0.4) is 0 Å². The molecule has 2 aromatic rings. The van der Waals surface area contributed by atoms with Crippen LogP contribution < -0.4 is 20.7 Å². The molecule has 130 valence electrons. The number of hydrogen-bond acceptors (Lipinski definition) is 3. The normalized spacial score (nSPS) is 14.0. The van der Waals surface area contributed by atoms with Gasteiger partial charge in [-0.2, -0.15) is 0 Å². The standard InChI is InChI=1S/C17H15F2N3O3/c1-9(10-2-4-12(18)13(19)6-10)20-17(24)21-11-3-5-14-15(7-11)25-8-16(23)22-14/h2-7,9H,8H2,1H3,(H,22,23)(H2,20,21,24). The molecule has 1 atom stereocenters. The molecular formula is C17H15F2N3O3. The molecule has 0 saturated heterocycles. The van der Waals surface area contributed by atoms with Crippen LogP contribution in [-0.2, 0) is 4.79 Å². The third-order valence-corrected chi connectivity index (χ3v) is 3.66. The minimum Gasteiger partial charge on any atom is -0.482 e. The van der Waals surface area contributed by atoms with Gasteiger partial charge in [-0.15, -0.1) is 0 Å². The second-order valence-corrected chi connectivity index (χ2v) is 5.54. The number of hydrogen-bond donors (Lipinski definition) is 3. The molecule has 8 heteroatoms. The summed E-state index contributed by atoms with van der Waals surface area (Å²) >= 11 is 0. The minimum absolute atomic E-state index is 0.0875. The number of fused-ring (bicyclic) bond motifs is 1. The quantitative estimate of drug-likeness (QED) is 0.798. The van der Waals surface area contributed by atoms with Crippen LogP contribution in [-0.4, -0.2) is 18.5 Å². The molecule has 0 bridgehead atoms. The largest absolute Gasteiger partial charge is 0.482 e. The van der Waals surface area contributed by atoms with Gasteiger partial charge in [-0.05, 0) is 36.8 Å². The lowest BCUT2D eigenvalue weighted by molar-refractivity contribution is -0.118. The van der Waals surface area contributed by atoms with Gasteiger partial charge in [-0.3, -0.25) is 4.79 Å². The van der Waals surface area contributed by atoms with Crippen LogP contribution in [0.2, 0.25) is 0 Å². The molecule has 2 aromatic carbocycles. The Kier molecular flexibility index (Phi) is 4.51. The molecule has 0 aromatic heterocycles. The zero-order valence-corrected chi connectivity index (χ0v) is 13.2. The fourth-order valence-corrected chi connectivity index (χ4v) is 2.38. The highest BCUT2D eigenvalue weighted by atomic mass is 19.2. The van der Waals surface area contributed by atoms with E-state index in [1.165, 1.54) is 6.07 Å². The van der Waals surface area contributed by atoms with Gasteiger partial charge in [-0.1, -0.05) is 6.07 Å². The van der Waals surface area contributed by atoms with E-state index in [1.807, 2.05) is 0 Å². The maximum absolute atomic E-state index is 13.3. The van der Waals surface area contributed by atoms with Gasteiger partial charge < -0.3 is 20.7 Å². The van der Waals surface area contributed by atoms with Crippen molar-refractivity contribution >= 4 is 23.3 Å². The van der Waals surface area contributed by atoms with Crippen molar-refractivity contribution in [2.24, 2.45) is 0 Å². The maximum Gasteiger partial charge on any atom is 0.319 e. The number of benzene rings is 2. The van der Waals surface area contributed by atoms with Crippen molar-refractivity contribution in [2.45, 2.75) is 13.0 Å². The van der Waals surface area contributed by atoms with Gasteiger partial charge in [-0.25, -0.2) is 13.6 Å². The molecule has 0 radical (unpaired) electrons. The molecule has 3 amide bonds. The zero-order valence-electron chi connectivity index (χ0n) is 13.2. The van der Waals surface area contributed by atoms with E-state index >= 15 is 0 Å². The van der Waals surface area contributed by atoms with Gasteiger partial charge in [0.25, 0.3) is 5.91 Å². The highest BCUT2D eigenvalue weighted by Gasteiger charge is 2.17. The Morgan fingerprint density at radius 2 is 2.00 bits per heavy atom. The Morgan fingerprint density at radius 1 is 1.20 bits per heavy atom. The lowest BCUT2D eigenvalue weighted by Crippen LogP contribution is -2.31. The summed E-state index contributed by atoms with van der Waals surface area (Å²) in [6.07, 6.45) is 0. The van der Waals surface area contributed by atoms with E-state index in [0.717, 1.165) is 12.1 Å². The fraction of sp³-hybridized carbons (Fsp3) is 0.176. The van der Waals surface area contributed by atoms with Crippen LogP contribution in [0.25, 0.3) is 0 Å². The van der Waals surface area contributed by atoms with Crippen LogP contribution >= 0.6 is 0 Å². The summed E-state index contributed by atoms with van der Waals surface area (Å²) in [7, 11) is 0. The maximum atomic E-state index is 13.3. The molecule has 1 aliphatic heterocycles. The van der Waals surface area contributed by atoms with Gasteiger partial charge in [0.15, 0.2) is 18.2 Å². The predicted octanol–water partition coefficient (Wildman–Crippen LogP) is 3.18. The van der Waals surface area contributed by atoms with Crippen molar-refractivity contribution in [1.29, 1.82) is 0 Å². The number of anilines is 2. The Bertz CT molecular complexity index is 842. The molecule has 0 saturated carbocycles. The minimum atomic E-state index is -0.972. The van der Waals surface area contributed by atoms with Gasteiger partial charge in [0, 0.05) is 11.8 Å². The van der Waals surface area contributed by atoms with E-state index in [-0.39, 0.29) is 12.5 Å². The third-order valence-electron chi connectivity index (χ3n) is 3.66. The molecule has 1 aliphatic rings. The second-order valence-electron chi connectivity index (χ2n) is 5.54. The Hall–Kier alpha value is -3.16. The molecule has 0 fully saturated rings. The number of halogens is 2. The number of nitrogens with one attached hydrogen (secondary N) is 3. The van der Waals surface area contributed by atoms with Crippen LogP contribution in [0.15, 0.2) is 36.4 Å². The highest BCUT2D eigenvalue weighted by molar-refractivity contribution is 5.96. The highest BCUT2D eigenvalue weighted by Crippen LogP contribution is 2.30. The Morgan fingerprint density at radius 3 is 2.76 bits per heavy atom. The summed E-state index contributed by atoms with van der Waals surface area (Å²) < 4.78 is 31.5. The van der Waals surface area contributed by atoms with Gasteiger partial charge in [0.2, 0.25) is 0 Å². The van der Waals surface area contributed by atoms with Crippen LogP contribution in [0.1, 0.15) is 18.5 Å². The molecule has 3 rings (SSSR count). The van der Waals surface area contributed by atoms with Gasteiger partial charge in [0.05, 0.1) is 11.7 Å². The monoisotopic (exact) mass is 347 g/mol. The van der Waals surface area contributed by atoms with E-state index in [2.05, 4.69) is 16.0 Å². The van der Waals surface area contributed by atoms with Crippen molar-refractivity contribution in [2.75, 3.05) is 17.2 Å². The van der Waals surface area contributed by atoms with E-state index in [0.29, 0.717) is 22.7 Å². The van der Waals surface area contributed by atoms with Crippen LogP contribution in [0, 0.1) is 11.6 Å². The average molecular weight is 347 g/mol. The van der Waals surface area contributed by atoms with Crippen molar-refractivity contribution < 1.29 is 23.1 Å². The summed E-state index contributed by atoms with van der Waals surface area (Å²) in [5.74, 6) is -1.71. The number of rotatable bonds is 3. The second kappa shape index (κ2) is 6.76. The van der Waals surface area contributed by atoms with Gasteiger partial charge >= 0.3 is 6.03 Å². The first-order chi connectivity index (χ1) is 11.9. The van der Waals surface area contributed by atoms with E-state index in [1.54, 1.807) is 25.1 Å². The number of ether oxygens (including phenoxy) is 1. The Labute approximate surface area is 142 Å². The van der Waals surface area contributed by atoms with E-state index in [9.17, 15) is 18.4 Å². The summed E-state index contributed by atoms with van der Waals surface area (Å²) in [4.78, 5) is 23.3. The molecule has 1 unspecified atom stereocenters. The van der Waals surface area contributed by atoms with Crippen molar-refractivity contribution in [3.8, 4) is 5.75 Å². The number of carbonyl (C=O) groups excluding carboxylic acids is 2. The fourth-order valence-electron chi connectivity index (χ4n) is 2.38. The summed E-state index contributed by atoms with van der Waals surface area (Å²) in [6.45, 7) is 1.56. The molecular weight excluding hydrogens is 332 g/mol. The first-order valence-electron chi connectivity index (χ1n) is 7.51. The van der Waals surface area contributed by atoms with Crippen molar-refractivity contribution in [1.82, 2.24) is 5.32 Å². The number of carbonyl (C=O) groups is 2. The lowest BCUT2D eigenvalue weighted by atomic mass is 10.1. The molecule has 6 nitrogen and oxygen atoms in total. The molecule has 25 heavy (non-hydrogen) atoms. The topological polar surface area (TPSA) is 79.5 Å². The molecule has 1 heterocycles. The van der Waals surface area contributed by atoms with Crippen LogP contribution in [0.5, 0.6) is 5.75 Å². The Balaban J connectivity index is 1.64. The molecule has 3 N–H and O–H groups in total. The number of amides is 3. The SMILES string of the molecule is CC(NC(=O)Nc1ccc2c(c1)OCC(=O)N2)c1ccc(F)c(F)c1. The van der Waals surface area contributed by atoms with Crippen molar-refractivity contribution in [3.05, 3.63) is 53.6 Å². The van der Waals surface area contributed by atoms with E-state index < -0.39 is 23.7 Å². The van der Waals surface area contributed by atoms with E-state index in [4.69, 9.17) is 4.74 Å². The van der Waals surface area contributed by atoms with Crippen molar-refractivity contribution in [3.63, 3.8) is 0 Å². The molecule has 0 spiro atoms. The predicted molar refractivity (Wildman–Crippen MR) is 87.5 cm³/mol. The zero-order chi connectivity index (χ0) is 18.0. The van der Waals surface area contributed by atoms with Crippen LogP contribution in [0.4, 0.5) is 25.0 Å². The summed E-state index contributed by atoms with van der Waals surface area (Å²) in [6, 6.07) is 7.21. The lowest BCUT2D eigenvalue weighted by Gasteiger charge is -2.19. The third kappa shape index (κ3) is 3.85. The average Bonchev–Trinajstić information content (AvgIpc) is 2.57.